The van der Waals surface area contributed by atoms with Crippen molar-refractivity contribution in [1.82, 2.24) is 15.6 Å². The zero-order valence-corrected chi connectivity index (χ0v) is 19.4. The van der Waals surface area contributed by atoms with Gasteiger partial charge in [0.15, 0.2) is 5.96 Å². The fraction of sp³-hybridized carbons (Fsp3) is 0.400. The molecule has 0 unspecified atom stereocenters. The van der Waals surface area contributed by atoms with Crippen LogP contribution in [0.15, 0.2) is 47.6 Å². The molecule has 28 heavy (non-hydrogen) atoms. The second kappa shape index (κ2) is 14.4. The molecule has 1 aromatic heterocycles. The number of aliphatic imine (C=N–C) groups is 1. The lowest BCUT2D eigenvalue weighted by molar-refractivity contribution is 0.143. The average Bonchev–Trinajstić information content (AvgIpc) is 2.67. The van der Waals surface area contributed by atoms with Gasteiger partial charge in [-0.15, -0.1) is 24.0 Å². The molecule has 0 atom stereocenters. The van der Waals surface area contributed by atoms with E-state index in [0.717, 1.165) is 36.1 Å². The molecule has 6 nitrogen and oxygen atoms in total. The summed E-state index contributed by atoms with van der Waals surface area (Å²) in [5.74, 6) is 1.37. The lowest BCUT2D eigenvalue weighted by Crippen LogP contribution is -2.38. The highest BCUT2D eigenvalue weighted by atomic mass is 127. The van der Waals surface area contributed by atoms with E-state index in [9.17, 15) is 0 Å². The van der Waals surface area contributed by atoms with Gasteiger partial charge in [0.1, 0.15) is 6.61 Å². The summed E-state index contributed by atoms with van der Waals surface area (Å²) in [6.45, 7) is 5.19. The highest BCUT2D eigenvalue weighted by Gasteiger charge is 2.01. The molecule has 2 N–H and O–H groups in total. The van der Waals surface area contributed by atoms with Crippen LogP contribution in [0.1, 0.15) is 18.1 Å². The molecular formula is C20H28ClIN4O2. The van der Waals surface area contributed by atoms with Gasteiger partial charge >= 0.3 is 0 Å². The Labute approximate surface area is 189 Å². The van der Waals surface area contributed by atoms with Gasteiger partial charge in [0.25, 0.3) is 0 Å². The van der Waals surface area contributed by atoms with Crippen molar-refractivity contribution in [3.05, 3.63) is 58.7 Å². The molecule has 1 heterocycles. The smallest absolute Gasteiger partial charge is 0.213 e. The third kappa shape index (κ3) is 9.57. The van der Waals surface area contributed by atoms with Crippen LogP contribution in [0.5, 0.6) is 5.88 Å². The largest absolute Gasteiger partial charge is 0.475 e. The molecule has 8 heteroatoms. The number of methoxy groups -OCH3 is 1. The SMILES string of the molecule is CCNC(=NCc1ccc(OCCOC)nc1)NCCc1cccc(Cl)c1.I. The second-order valence-electron chi connectivity index (χ2n) is 5.85. The van der Waals surface area contributed by atoms with Gasteiger partial charge in [-0.05, 0) is 36.6 Å². The van der Waals surface area contributed by atoms with Crippen LogP contribution in [-0.4, -0.2) is 44.4 Å². The number of halogens is 2. The maximum atomic E-state index is 6.02. The molecule has 0 aliphatic carbocycles. The lowest BCUT2D eigenvalue weighted by Gasteiger charge is -2.11. The van der Waals surface area contributed by atoms with Crippen molar-refractivity contribution in [2.75, 3.05) is 33.4 Å². The summed E-state index contributed by atoms with van der Waals surface area (Å²) in [5, 5.41) is 7.35. The van der Waals surface area contributed by atoms with Crippen LogP contribution in [-0.2, 0) is 17.7 Å². The van der Waals surface area contributed by atoms with E-state index in [0.29, 0.717) is 25.6 Å². The van der Waals surface area contributed by atoms with Crippen LogP contribution in [0.25, 0.3) is 0 Å². The van der Waals surface area contributed by atoms with Crippen LogP contribution >= 0.6 is 35.6 Å². The summed E-state index contributed by atoms with van der Waals surface area (Å²) in [4.78, 5) is 8.89. The quantitative estimate of drug-likeness (QED) is 0.217. The van der Waals surface area contributed by atoms with Gasteiger partial charge in [0, 0.05) is 37.5 Å². The van der Waals surface area contributed by atoms with Crippen LogP contribution in [0.2, 0.25) is 5.02 Å². The predicted molar refractivity (Wildman–Crippen MR) is 125 cm³/mol. The van der Waals surface area contributed by atoms with Gasteiger partial charge in [-0.1, -0.05) is 29.8 Å². The molecule has 2 aromatic rings. The molecule has 0 saturated heterocycles. The van der Waals surface area contributed by atoms with Crippen LogP contribution in [0.4, 0.5) is 0 Å². The number of hydrogen-bond donors (Lipinski definition) is 2. The Hall–Kier alpha value is -1.58. The number of aromatic nitrogens is 1. The Morgan fingerprint density at radius 1 is 1.14 bits per heavy atom. The third-order valence-electron chi connectivity index (χ3n) is 3.69. The van der Waals surface area contributed by atoms with Crippen molar-refractivity contribution < 1.29 is 9.47 Å². The summed E-state index contributed by atoms with van der Waals surface area (Å²) in [7, 11) is 1.64. The van der Waals surface area contributed by atoms with Crippen LogP contribution < -0.4 is 15.4 Å². The number of ether oxygens (including phenoxy) is 2. The number of hydrogen-bond acceptors (Lipinski definition) is 4. The van der Waals surface area contributed by atoms with Gasteiger partial charge < -0.3 is 20.1 Å². The minimum atomic E-state index is 0. The van der Waals surface area contributed by atoms with Crippen molar-refractivity contribution >= 4 is 41.5 Å². The van der Waals surface area contributed by atoms with Crippen molar-refractivity contribution in [2.45, 2.75) is 19.9 Å². The van der Waals surface area contributed by atoms with E-state index in [1.807, 2.05) is 37.3 Å². The van der Waals surface area contributed by atoms with Crippen LogP contribution in [0, 0.1) is 0 Å². The molecule has 0 fully saturated rings. The third-order valence-corrected chi connectivity index (χ3v) is 3.93. The topological polar surface area (TPSA) is 67.8 Å². The number of pyridine rings is 1. The van der Waals surface area contributed by atoms with Crippen molar-refractivity contribution in [3.63, 3.8) is 0 Å². The molecule has 0 amide bonds. The highest BCUT2D eigenvalue weighted by molar-refractivity contribution is 14.0. The normalized spacial score (nSPS) is 10.9. The summed E-state index contributed by atoms with van der Waals surface area (Å²) in [5.41, 5.74) is 2.21. The molecule has 0 aliphatic rings. The van der Waals surface area contributed by atoms with E-state index < -0.39 is 0 Å². The molecular weight excluding hydrogens is 491 g/mol. The summed E-state index contributed by atoms with van der Waals surface area (Å²) in [6.07, 6.45) is 2.65. The fourth-order valence-electron chi connectivity index (χ4n) is 2.35. The van der Waals surface area contributed by atoms with Crippen LogP contribution in [0.3, 0.4) is 0 Å². The number of nitrogens with one attached hydrogen (secondary N) is 2. The molecule has 0 bridgehead atoms. The minimum absolute atomic E-state index is 0. The van der Waals surface area contributed by atoms with E-state index in [1.165, 1.54) is 5.56 Å². The summed E-state index contributed by atoms with van der Waals surface area (Å²) < 4.78 is 10.4. The van der Waals surface area contributed by atoms with Gasteiger partial charge in [-0.3, -0.25) is 0 Å². The Morgan fingerprint density at radius 3 is 2.68 bits per heavy atom. The van der Waals surface area contributed by atoms with Gasteiger partial charge in [0.2, 0.25) is 5.88 Å². The molecule has 1 aromatic carbocycles. The lowest BCUT2D eigenvalue weighted by atomic mass is 10.1. The molecule has 0 aliphatic heterocycles. The van der Waals surface area contributed by atoms with Crippen molar-refractivity contribution in [2.24, 2.45) is 4.99 Å². The van der Waals surface area contributed by atoms with E-state index in [-0.39, 0.29) is 24.0 Å². The van der Waals surface area contributed by atoms with E-state index in [2.05, 4.69) is 26.7 Å². The molecule has 0 saturated carbocycles. The van der Waals surface area contributed by atoms with Gasteiger partial charge in [-0.2, -0.15) is 0 Å². The maximum Gasteiger partial charge on any atom is 0.213 e. The Morgan fingerprint density at radius 2 is 2.00 bits per heavy atom. The highest BCUT2D eigenvalue weighted by Crippen LogP contribution is 2.11. The van der Waals surface area contributed by atoms with Gasteiger partial charge in [-0.25, -0.2) is 9.98 Å². The van der Waals surface area contributed by atoms with Crippen molar-refractivity contribution in [3.8, 4) is 5.88 Å². The average molecular weight is 519 g/mol. The number of rotatable bonds is 10. The first-order valence-corrected chi connectivity index (χ1v) is 9.42. The Bertz CT molecular complexity index is 714. The Balaban J connectivity index is 0.00000392. The predicted octanol–water partition coefficient (Wildman–Crippen LogP) is 3.68. The monoisotopic (exact) mass is 518 g/mol. The molecule has 0 radical (unpaired) electrons. The molecule has 154 valence electrons. The zero-order chi connectivity index (χ0) is 19.3. The van der Waals surface area contributed by atoms with Gasteiger partial charge in [0.05, 0.1) is 13.2 Å². The van der Waals surface area contributed by atoms with E-state index in [4.69, 9.17) is 21.1 Å². The minimum Gasteiger partial charge on any atom is -0.475 e. The first kappa shape index (κ1) is 24.5. The molecule has 2 rings (SSSR count). The zero-order valence-electron chi connectivity index (χ0n) is 16.3. The first-order chi connectivity index (χ1) is 13.2. The van der Waals surface area contributed by atoms with E-state index in [1.54, 1.807) is 13.3 Å². The standard InChI is InChI=1S/C20H27ClN4O2.HI/c1-3-22-20(23-10-9-16-5-4-6-18(21)13-16)25-15-17-7-8-19(24-14-17)27-12-11-26-2;/h4-8,13-14H,3,9-12,15H2,1-2H3,(H2,22,23,25);1H. The summed E-state index contributed by atoms with van der Waals surface area (Å²) >= 11 is 6.02. The fourth-order valence-corrected chi connectivity index (χ4v) is 2.56. The van der Waals surface area contributed by atoms with E-state index >= 15 is 0 Å². The number of nitrogens with zero attached hydrogens (tertiary/aromatic N) is 2. The number of benzene rings is 1. The molecule has 0 spiro atoms. The van der Waals surface area contributed by atoms with Crippen molar-refractivity contribution in [1.29, 1.82) is 0 Å². The number of guanidine groups is 1. The second-order valence-corrected chi connectivity index (χ2v) is 6.28. The first-order valence-electron chi connectivity index (χ1n) is 9.04. The summed E-state index contributed by atoms with van der Waals surface area (Å²) in [6, 6.07) is 11.7. The maximum absolute atomic E-state index is 6.02. The Kier molecular flexibility index (Phi) is 12.6.